The Morgan fingerprint density at radius 3 is 2.18 bits per heavy atom. The lowest BCUT2D eigenvalue weighted by molar-refractivity contribution is 0.0927. The van der Waals surface area contributed by atoms with E-state index >= 15 is 0 Å². The summed E-state index contributed by atoms with van der Waals surface area (Å²) in [7, 11) is 0. The molecule has 0 bridgehead atoms. The Balaban J connectivity index is 1.93. The van der Waals surface area contributed by atoms with Gasteiger partial charge < -0.3 is 20.1 Å². The van der Waals surface area contributed by atoms with Gasteiger partial charge in [-0.05, 0) is 37.6 Å². The number of nitrogens with one attached hydrogen (secondary N) is 2. The van der Waals surface area contributed by atoms with Gasteiger partial charge in [-0.2, -0.15) is 0 Å². The van der Waals surface area contributed by atoms with Crippen LogP contribution in [0.1, 0.15) is 41.0 Å². The topological polar surface area (TPSA) is 76.7 Å². The molecule has 150 valence electrons. The van der Waals surface area contributed by atoms with Gasteiger partial charge in [-0.25, -0.2) is 0 Å². The zero-order valence-electron chi connectivity index (χ0n) is 16.1. The highest BCUT2D eigenvalue weighted by molar-refractivity contribution is 6.32. The van der Waals surface area contributed by atoms with E-state index in [9.17, 15) is 9.59 Å². The highest BCUT2D eigenvalue weighted by Crippen LogP contribution is 2.36. The summed E-state index contributed by atoms with van der Waals surface area (Å²) in [5.74, 6) is 0.385. The van der Waals surface area contributed by atoms with Crippen LogP contribution in [0.4, 0.5) is 0 Å². The Morgan fingerprint density at radius 2 is 1.57 bits per heavy atom. The average Bonchev–Trinajstić information content (AvgIpc) is 2.71. The molecular weight excluding hydrogens is 380 g/mol. The van der Waals surface area contributed by atoms with E-state index in [1.165, 1.54) is 0 Å². The molecule has 0 aliphatic heterocycles. The molecule has 0 aliphatic carbocycles. The summed E-state index contributed by atoms with van der Waals surface area (Å²) in [6.45, 7) is 5.37. The molecule has 28 heavy (non-hydrogen) atoms. The summed E-state index contributed by atoms with van der Waals surface area (Å²) in [5.41, 5.74) is 0.941. The van der Waals surface area contributed by atoms with Crippen LogP contribution in [0.25, 0.3) is 0 Å². The summed E-state index contributed by atoms with van der Waals surface area (Å²) in [6, 6.07) is 12.1. The summed E-state index contributed by atoms with van der Waals surface area (Å²) in [4.78, 5) is 24.4. The molecule has 2 rings (SSSR count). The number of benzene rings is 2. The smallest absolute Gasteiger partial charge is 0.251 e. The van der Waals surface area contributed by atoms with Gasteiger partial charge in [-0.15, -0.1) is 0 Å². The highest BCUT2D eigenvalue weighted by Gasteiger charge is 2.16. The van der Waals surface area contributed by atoms with Crippen LogP contribution < -0.4 is 20.1 Å². The van der Waals surface area contributed by atoms with Crippen molar-refractivity contribution in [3.8, 4) is 11.5 Å². The Morgan fingerprint density at radius 1 is 0.929 bits per heavy atom. The molecule has 2 N–H and O–H groups in total. The molecule has 2 amide bonds. The molecule has 0 unspecified atom stereocenters. The quantitative estimate of drug-likeness (QED) is 0.592. The lowest BCUT2D eigenvalue weighted by Gasteiger charge is -2.15. The third-order valence-corrected chi connectivity index (χ3v) is 4.03. The normalized spacial score (nSPS) is 10.2. The lowest BCUT2D eigenvalue weighted by Crippen LogP contribution is -2.34. The number of ether oxygens (including phenoxy) is 2. The van der Waals surface area contributed by atoms with Crippen molar-refractivity contribution < 1.29 is 19.1 Å². The van der Waals surface area contributed by atoms with Crippen LogP contribution in [0.3, 0.4) is 0 Å². The van der Waals surface area contributed by atoms with Crippen LogP contribution in [0.5, 0.6) is 11.5 Å². The maximum absolute atomic E-state index is 12.4. The number of halogens is 1. The van der Waals surface area contributed by atoms with E-state index in [0.29, 0.717) is 47.4 Å². The molecule has 6 nitrogen and oxygen atoms in total. The Labute approximate surface area is 170 Å². The van der Waals surface area contributed by atoms with Crippen molar-refractivity contribution in [2.24, 2.45) is 0 Å². The molecule has 0 heterocycles. The molecule has 0 saturated heterocycles. The van der Waals surface area contributed by atoms with Gasteiger partial charge in [0, 0.05) is 24.2 Å². The van der Waals surface area contributed by atoms with E-state index in [0.717, 1.165) is 6.42 Å². The van der Waals surface area contributed by atoms with Crippen molar-refractivity contribution >= 4 is 23.4 Å². The van der Waals surface area contributed by atoms with Crippen LogP contribution in [-0.2, 0) is 0 Å². The number of rotatable bonds is 10. The Bertz CT molecular complexity index is 796. The van der Waals surface area contributed by atoms with Crippen LogP contribution in [-0.4, -0.2) is 38.1 Å². The van der Waals surface area contributed by atoms with E-state index in [2.05, 4.69) is 10.6 Å². The van der Waals surface area contributed by atoms with E-state index in [1.54, 1.807) is 36.4 Å². The number of hydrogen-bond donors (Lipinski definition) is 2. The zero-order valence-corrected chi connectivity index (χ0v) is 16.8. The van der Waals surface area contributed by atoms with Crippen molar-refractivity contribution in [1.82, 2.24) is 10.6 Å². The van der Waals surface area contributed by atoms with Crippen molar-refractivity contribution in [3.63, 3.8) is 0 Å². The van der Waals surface area contributed by atoms with Gasteiger partial charge in [0.2, 0.25) is 0 Å². The fraction of sp³-hybridized carbons (Fsp3) is 0.333. The Hall–Kier alpha value is -2.73. The third kappa shape index (κ3) is 6.16. The average molecular weight is 405 g/mol. The maximum atomic E-state index is 12.4. The molecule has 0 spiro atoms. The molecule has 0 aliphatic rings. The van der Waals surface area contributed by atoms with Crippen LogP contribution in [0.2, 0.25) is 5.02 Å². The van der Waals surface area contributed by atoms with Crippen LogP contribution in [0, 0.1) is 0 Å². The fourth-order valence-corrected chi connectivity index (χ4v) is 2.72. The maximum Gasteiger partial charge on any atom is 0.251 e. The predicted octanol–water partition coefficient (Wildman–Crippen LogP) is 3.69. The van der Waals surface area contributed by atoms with Gasteiger partial charge in [-0.3, -0.25) is 9.59 Å². The number of amides is 2. The van der Waals surface area contributed by atoms with Gasteiger partial charge in [0.25, 0.3) is 11.8 Å². The van der Waals surface area contributed by atoms with E-state index < -0.39 is 0 Å². The summed E-state index contributed by atoms with van der Waals surface area (Å²) in [5, 5.41) is 5.83. The molecule has 0 aromatic heterocycles. The van der Waals surface area contributed by atoms with Crippen molar-refractivity contribution in [2.45, 2.75) is 20.3 Å². The fourth-order valence-electron chi connectivity index (χ4n) is 2.45. The second kappa shape index (κ2) is 11.2. The monoisotopic (exact) mass is 404 g/mol. The molecule has 2 aromatic carbocycles. The molecule has 0 fully saturated rings. The first-order chi connectivity index (χ1) is 13.6. The highest BCUT2D eigenvalue weighted by atomic mass is 35.5. The van der Waals surface area contributed by atoms with Gasteiger partial charge >= 0.3 is 0 Å². The minimum absolute atomic E-state index is 0.186. The van der Waals surface area contributed by atoms with Crippen LogP contribution in [0.15, 0.2) is 42.5 Å². The SMILES string of the molecule is CCCOc1c(Cl)cc(C(=O)NCCNC(=O)c2ccccc2)cc1OCC. The molecule has 0 atom stereocenters. The third-order valence-electron chi connectivity index (χ3n) is 3.75. The van der Waals surface area contributed by atoms with Gasteiger partial charge in [-0.1, -0.05) is 36.7 Å². The van der Waals surface area contributed by atoms with Crippen molar-refractivity contribution in [2.75, 3.05) is 26.3 Å². The first-order valence-electron chi connectivity index (χ1n) is 9.27. The molecule has 0 radical (unpaired) electrons. The lowest BCUT2D eigenvalue weighted by atomic mass is 10.2. The Kier molecular flexibility index (Phi) is 8.62. The number of hydrogen-bond acceptors (Lipinski definition) is 4. The van der Waals surface area contributed by atoms with Gasteiger partial charge in [0.05, 0.1) is 18.2 Å². The number of carbonyl (C=O) groups is 2. The number of carbonyl (C=O) groups excluding carboxylic acids is 2. The minimum Gasteiger partial charge on any atom is -0.490 e. The molecule has 0 saturated carbocycles. The molecule has 2 aromatic rings. The van der Waals surface area contributed by atoms with E-state index in [-0.39, 0.29) is 18.4 Å². The van der Waals surface area contributed by atoms with E-state index in [4.69, 9.17) is 21.1 Å². The zero-order chi connectivity index (χ0) is 20.4. The molecular formula is C21H25ClN2O4. The molecule has 7 heteroatoms. The summed E-state index contributed by atoms with van der Waals surface area (Å²) < 4.78 is 11.2. The first kappa shape index (κ1) is 21.6. The summed E-state index contributed by atoms with van der Waals surface area (Å²) >= 11 is 6.28. The minimum atomic E-state index is -0.307. The van der Waals surface area contributed by atoms with Gasteiger partial charge in [0.15, 0.2) is 11.5 Å². The summed E-state index contributed by atoms with van der Waals surface area (Å²) in [6.07, 6.45) is 0.832. The predicted molar refractivity (Wildman–Crippen MR) is 110 cm³/mol. The van der Waals surface area contributed by atoms with Crippen molar-refractivity contribution in [3.05, 3.63) is 58.6 Å². The van der Waals surface area contributed by atoms with Crippen molar-refractivity contribution in [1.29, 1.82) is 0 Å². The largest absolute Gasteiger partial charge is 0.490 e. The second-order valence-electron chi connectivity index (χ2n) is 5.94. The van der Waals surface area contributed by atoms with E-state index in [1.807, 2.05) is 19.9 Å². The van der Waals surface area contributed by atoms with Crippen LogP contribution >= 0.6 is 11.6 Å². The van der Waals surface area contributed by atoms with Gasteiger partial charge in [0.1, 0.15) is 0 Å². The standard InChI is InChI=1S/C21H25ClN2O4/c1-3-12-28-19-17(22)13-16(14-18(19)27-4-2)21(26)24-11-10-23-20(25)15-8-6-5-7-9-15/h5-9,13-14H,3-4,10-12H2,1-2H3,(H,23,25)(H,24,26). The first-order valence-corrected chi connectivity index (χ1v) is 9.65. The second-order valence-corrected chi connectivity index (χ2v) is 6.35.